The van der Waals surface area contributed by atoms with Crippen LogP contribution in [-0.2, 0) is 22.6 Å². The van der Waals surface area contributed by atoms with Crippen LogP contribution in [-0.4, -0.2) is 79.2 Å². The second-order valence-corrected chi connectivity index (χ2v) is 10.7. The summed E-state index contributed by atoms with van der Waals surface area (Å²) in [5, 5.41) is 30.4. The van der Waals surface area contributed by atoms with E-state index >= 15 is 0 Å². The third kappa shape index (κ3) is 10.1. The van der Waals surface area contributed by atoms with E-state index in [1.165, 1.54) is 64.9 Å². The van der Waals surface area contributed by atoms with Gasteiger partial charge in [-0.25, -0.2) is 37.4 Å². The van der Waals surface area contributed by atoms with Crippen LogP contribution in [0.4, 0.5) is 14.6 Å². The van der Waals surface area contributed by atoms with Gasteiger partial charge in [0.15, 0.2) is 22.7 Å². The van der Waals surface area contributed by atoms with Gasteiger partial charge in [0.05, 0.1) is 26.1 Å². The van der Waals surface area contributed by atoms with Gasteiger partial charge in [-0.1, -0.05) is 19.0 Å². The highest BCUT2D eigenvalue weighted by atomic mass is 35.5. The van der Waals surface area contributed by atoms with Crippen LogP contribution in [0.3, 0.4) is 0 Å². The first kappa shape index (κ1) is 39.6. The first-order valence-electron chi connectivity index (χ1n) is 14.9. The fraction of sp³-hybridized carbons (Fsp3) is 0.235. The Hall–Kier alpha value is -5.87. The molecule has 0 amide bonds. The number of hydrogen-bond donors (Lipinski definition) is 3. The van der Waals surface area contributed by atoms with Crippen LogP contribution in [0.5, 0.6) is 11.5 Å². The number of rotatable bonds is 8. The fourth-order valence-electron chi connectivity index (χ4n) is 4.41. The van der Waals surface area contributed by atoms with E-state index in [1.807, 2.05) is 0 Å². The number of halogens is 3. The highest BCUT2D eigenvalue weighted by molar-refractivity contribution is 6.29. The largest absolute Gasteiger partial charge is 0.508 e. The van der Waals surface area contributed by atoms with E-state index in [-0.39, 0.29) is 49.3 Å². The van der Waals surface area contributed by atoms with Gasteiger partial charge < -0.3 is 29.9 Å². The van der Waals surface area contributed by atoms with Crippen LogP contribution in [0.15, 0.2) is 73.1 Å². The summed E-state index contributed by atoms with van der Waals surface area (Å²) in [5.74, 6) is -1.10. The number of fused-ring (bicyclic) bond motifs is 2. The molecular formula is C34H37ClF2N8O6. The molecule has 0 unspecified atom stereocenters. The van der Waals surface area contributed by atoms with Crippen molar-refractivity contribution in [2.24, 2.45) is 0 Å². The Morgan fingerprint density at radius 2 is 1.41 bits per heavy atom. The Balaban J connectivity index is 0.000000228. The van der Waals surface area contributed by atoms with Gasteiger partial charge in [-0.3, -0.25) is 0 Å². The van der Waals surface area contributed by atoms with Gasteiger partial charge in [-0.15, -0.1) is 5.10 Å². The molecule has 51 heavy (non-hydrogen) atoms. The smallest absolute Gasteiger partial charge is 0.358 e. The third-order valence-electron chi connectivity index (χ3n) is 6.81. The van der Waals surface area contributed by atoms with Crippen molar-refractivity contribution in [3.8, 4) is 11.5 Å². The number of nitrogens with one attached hydrogen (secondary N) is 1. The number of ether oxygens (including phenoxy) is 2. The summed E-state index contributed by atoms with van der Waals surface area (Å²) < 4.78 is 38.2. The van der Waals surface area contributed by atoms with Crippen LogP contribution in [0.1, 0.15) is 46.5 Å². The van der Waals surface area contributed by atoms with Crippen molar-refractivity contribution in [1.82, 2.24) is 34.5 Å². The maximum atomic E-state index is 13.4. The molecule has 0 aliphatic carbocycles. The van der Waals surface area contributed by atoms with Crippen LogP contribution in [0.25, 0.3) is 11.3 Å². The molecule has 0 fully saturated rings. The molecule has 0 atom stereocenters. The molecule has 2 aromatic carbocycles. The summed E-state index contributed by atoms with van der Waals surface area (Å²) in [7, 11) is 4.79. The van der Waals surface area contributed by atoms with Gasteiger partial charge in [-0.2, -0.15) is 5.10 Å². The zero-order valence-corrected chi connectivity index (χ0v) is 28.1. The molecule has 0 aliphatic heterocycles. The Kier molecular flexibility index (Phi) is 14.1. The van der Waals surface area contributed by atoms with Gasteiger partial charge in [0.1, 0.15) is 34.1 Å². The number of anilines is 1. The molecule has 17 heteroatoms. The number of carbonyl (C=O) groups is 2. The minimum Gasteiger partial charge on any atom is -0.508 e. The lowest BCUT2D eigenvalue weighted by Crippen LogP contribution is -2.19. The maximum Gasteiger partial charge on any atom is 0.358 e. The predicted molar refractivity (Wildman–Crippen MR) is 186 cm³/mol. The normalized spacial score (nSPS) is 10.3. The average Bonchev–Trinajstić information content (AvgIpc) is 3.72. The number of methoxy groups -OCH3 is 1. The van der Waals surface area contributed by atoms with E-state index in [2.05, 4.69) is 30.2 Å². The summed E-state index contributed by atoms with van der Waals surface area (Å²) in [4.78, 5) is 33.0. The zero-order chi connectivity index (χ0) is 36.4. The van der Waals surface area contributed by atoms with E-state index in [9.17, 15) is 23.5 Å². The number of benzene rings is 2. The van der Waals surface area contributed by atoms with E-state index in [4.69, 9.17) is 21.4 Å². The summed E-state index contributed by atoms with van der Waals surface area (Å²) in [6.45, 7) is 2.69. The van der Waals surface area contributed by atoms with E-state index in [0.29, 0.717) is 39.9 Å². The maximum absolute atomic E-state index is 13.4. The Morgan fingerprint density at radius 3 is 2.00 bits per heavy atom. The highest BCUT2D eigenvalue weighted by Gasteiger charge is 2.16. The van der Waals surface area contributed by atoms with Crippen LogP contribution in [0, 0.1) is 11.6 Å². The van der Waals surface area contributed by atoms with Gasteiger partial charge in [-0.05, 0) is 74.6 Å². The van der Waals surface area contributed by atoms with E-state index in [1.54, 1.807) is 50.2 Å². The molecule has 0 saturated heterocycles. The minimum absolute atomic E-state index is 0. The number of phenolic OH excluding ortho intramolecular Hbond substituents is 2. The molecule has 0 aliphatic rings. The number of imidazole rings is 2. The summed E-state index contributed by atoms with van der Waals surface area (Å²) in [6.07, 6.45) is 2.80. The lowest BCUT2D eigenvalue weighted by atomic mass is 10.2. The Morgan fingerprint density at radius 1 is 0.863 bits per heavy atom. The Bertz CT molecular complexity index is 2110. The van der Waals surface area contributed by atoms with Crippen LogP contribution >= 0.6 is 11.6 Å². The van der Waals surface area contributed by atoms with Crippen molar-refractivity contribution in [1.29, 1.82) is 0 Å². The third-order valence-corrected chi connectivity index (χ3v) is 7.01. The van der Waals surface area contributed by atoms with Crippen molar-refractivity contribution >= 4 is 40.7 Å². The number of aromatic nitrogens is 6. The van der Waals surface area contributed by atoms with E-state index in [0.717, 1.165) is 0 Å². The van der Waals surface area contributed by atoms with Crippen molar-refractivity contribution in [2.45, 2.75) is 27.4 Å². The zero-order valence-electron chi connectivity index (χ0n) is 27.3. The molecule has 3 N–H and O–H groups in total. The number of esters is 2. The lowest BCUT2D eigenvalue weighted by Gasteiger charge is -2.19. The monoisotopic (exact) mass is 726 g/mol. The van der Waals surface area contributed by atoms with E-state index < -0.39 is 17.8 Å². The molecule has 6 aromatic rings. The first-order chi connectivity index (χ1) is 23.9. The van der Waals surface area contributed by atoms with Crippen molar-refractivity contribution < 1.29 is 38.1 Å². The average molecular weight is 727 g/mol. The first-order valence-corrected chi connectivity index (χ1v) is 15.2. The number of hydrogen-bond acceptors (Lipinski definition) is 12. The number of carbonyl (C=O) groups excluding carboxylic acids is 2. The second-order valence-electron chi connectivity index (χ2n) is 10.3. The van der Waals surface area contributed by atoms with Crippen molar-refractivity contribution in [3.63, 3.8) is 0 Å². The van der Waals surface area contributed by atoms with Gasteiger partial charge >= 0.3 is 11.9 Å². The second kappa shape index (κ2) is 18.2. The topological polar surface area (TPSA) is 169 Å². The molecule has 0 bridgehead atoms. The molecule has 4 heterocycles. The highest BCUT2D eigenvalue weighted by Crippen LogP contribution is 2.22. The molecule has 0 saturated carbocycles. The van der Waals surface area contributed by atoms with Crippen LogP contribution < -0.4 is 10.2 Å². The van der Waals surface area contributed by atoms with Crippen molar-refractivity contribution in [2.75, 3.05) is 32.7 Å². The molecule has 0 radical (unpaired) electrons. The summed E-state index contributed by atoms with van der Waals surface area (Å²) in [6, 6.07) is 14.4. The lowest BCUT2D eigenvalue weighted by molar-refractivity contribution is 0.0515. The molecule has 14 nitrogen and oxygen atoms in total. The summed E-state index contributed by atoms with van der Waals surface area (Å²) in [5.41, 5.74) is 2.54. The minimum atomic E-state index is -0.509. The number of phenols is 2. The van der Waals surface area contributed by atoms with Gasteiger partial charge in [0, 0.05) is 31.3 Å². The Labute approximate surface area is 296 Å². The molecule has 270 valence electrons. The molecule has 0 spiro atoms. The predicted octanol–water partition coefficient (Wildman–Crippen LogP) is 5.44. The quantitative estimate of drug-likeness (QED) is 0.170. The van der Waals surface area contributed by atoms with Gasteiger partial charge in [0.2, 0.25) is 0 Å². The molecule has 6 rings (SSSR count). The fourth-order valence-corrected chi connectivity index (χ4v) is 4.55. The SMILES string of the molecule is C.CCOC(=O)c1cnc2ccc(N(C)Cc3cc(F)ccc3O)nn12.CNCc1cc(F)ccc1O.COC(=O)c1cnc2ccc(Cl)nn12. The van der Waals surface area contributed by atoms with Crippen LogP contribution in [0.2, 0.25) is 5.15 Å². The van der Waals surface area contributed by atoms with Gasteiger partial charge in [0.25, 0.3) is 0 Å². The standard InChI is InChI=1S/C17H17FN4O3.C8H6ClN3O2.C8H10FNO.CH4/c1-3-25-17(24)13-9-19-15-6-7-16(20-22(13)15)21(2)10-11-8-12(18)4-5-14(11)23;1-14-8(13)5-4-10-7-3-2-6(9)11-12(5)7;1-10-5-6-4-7(9)2-3-8(6)11;/h4-9,23H,3,10H2,1-2H3;2-4H,1H3;2-4,10-11H,5H2,1H3;1H4. The summed E-state index contributed by atoms with van der Waals surface area (Å²) >= 11 is 5.68. The number of nitrogens with zero attached hydrogens (tertiary/aromatic N) is 7. The molecule has 4 aromatic heterocycles. The van der Waals surface area contributed by atoms with Crippen molar-refractivity contribution in [3.05, 3.63) is 112 Å². The number of aromatic hydroxyl groups is 2. The molecular weight excluding hydrogens is 690 g/mol.